The number of H-pyrrole nitrogens is 1. The first-order valence-electron chi connectivity index (χ1n) is 9.18. The molecule has 0 aliphatic rings. The minimum atomic E-state index is -4.65. The number of amides is 1. The molecule has 2 heterocycles. The van der Waals surface area contributed by atoms with E-state index in [9.17, 15) is 22.8 Å². The van der Waals surface area contributed by atoms with Crippen molar-refractivity contribution in [2.75, 3.05) is 12.4 Å². The Labute approximate surface area is 174 Å². The predicted octanol–water partition coefficient (Wildman–Crippen LogP) is 5.08. The summed E-state index contributed by atoms with van der Waals surface area (Å²) in [5, 5.41) is 3.87. The first-order valence-corrected chi connectivity index (χ1v) is 9.18. The van der Waals surface area contributed by atoms with Crippen LogP contribution in [0.5, 0.6) is 0 Å². The number of esters is 1. The zero-order valence-electron chi connectivity index (χ0n) is 16.4. The van der Waals surface area contributed by atoms with Crippen molar-refractivity contribution in [3.63, 3.8) is 0 Å². The summed E-state index contributed by atoms with van der Waals surface area (Å²) < 4.78 is 44.4. The zero-order chi connectivity index (χ0) is 22.3. The molecule has 0 spiro atoms. The number of carbonyl (C=O) groups is 2. The van der Waals surface area contributed by atoms with Gasteiger partial charge in [-0.1, -0.05) is 12.1 Å². The molecule has 4 rings (SSSR count). The van der Waals surface area contributed by atoms with Crippen LogP contribution in [-0.2, 0) is 10.9 Å². The minimum Gasteiger partial charge on any atom is -0.464 e. The third-order valence-electron chi connectivity index (χ3n) is 4.90. The second-order valence-corrected chi connectivity index (χ2v) is 6.89. The number of benzene rings is 2. The van der Waals surface area contributed by atoms with Crippen molar-refractivity contribution in [3.05, 3.63) is 71.0 Å². The van der Waals surface area contributed by atoms with Crippen molar-refractivity contribution >= 4 is 39.4 Å². The molecule has 0 atom stereocenters. The standard InChI is InChI=1S/C22H16F3N3O3/c1-11-19-15(10-18(26-11)21(30)31-2)14-9-12(7-8-17(14)28-19)27-20(29)13-5-3-4-6-16(13)22(23,24)25/h3-10,28H,1-2H3,(H,27,29). The second-order valence-electron chi connectivity index (χ2n) is 6.89. The molecule has 31 heavy (non-hydrogen) atoms. The number of hydrogen-bond donors (Lipinski definition) is 2. The van der Waals surface area contributed by atoms with Crippen LogP contribution < -0.4 is 5.32 Å². The number of pyridine rings is 1. The van der Waals surface area contributed by atoms with E-state index in [-0.39, 0.29) is 5.69 Å². The fourth-order valence-corrected chi connectivity index (χ4v) is 3.47. The number of nitrogens with zero attached hydrogens (tertiary/aromatic N) is 1. The van der Waals surface area contributed by atoms with Gasteiger partial charge in [-0.15, -0.1) is 0 Å². The number of nitrogens with one attached hydrogen (secondary N) is 2. The third-order valence-corrected chi connectivity index (χ3v) is 4.90. The van der Waals surface area contributed by atoms with E-state index in [2.05, 4.69) is 15.3 Å². The maximum absolute atomic E-state index is 13.2. The molecule has 158 valence electrons. The Morgan fingerprint density at radius 1 is 1.06 bits per heavy atom. The number of aromatic nitrogens is 2. The highest BCUT2D eigenvalue weighted by molar-refractivity contribution is 6.12. The van der Waals surface area contributed by atoms with Crippen LogP contribution in [0.15, 0.2) is 48.5 Å². The first-order chi connectivity index (χ1) is 14.7. The molecule has 2 aromatic heterocycles. The van der Waals surface area contributed by atoms with E-state index in [0.29, 0.717) is 27.7 Å². The van der Waals surface area contributed by atoms with E-state index in [1.165, 1.54) is 19.2 Å². The van der Waals surface area contributed by atoms with E-state index in [1.807, 2.05) is 0 Å². The van der Waals surface area contributed by atoms with Gasteiger partial charge in [0.25, 0.3) is 5.91 Å². The van der Waals surface area contributed by atoms with Crippen molar-refractivity contribution in [1.82, 2.24) is 9.97 Å². The summed E-state index contributed by atoms with van der Waals surface area (Å²) in [6.07, 6.45) is -4.65. The Bertz CT molecular complexity index is 1340. The van der Waals surface area contributed by atoms with E-state index < -0.39 is 29.2 Å². The van der Waals surface area contributed by atoms with E-state index in [1.54, 1.807) is 31.2 Å². The number of methoxy groups -OCH3 is 1. The molecule has 0 fully saturated rings. The Kier molecular flexibility index (Phi) is 4.88. The monoisotopic (exact) mass is 427 g/mol. The lowest BCUT2D eigenvalue weighted by Crippen LogP contribution is -2.18. The number of halogens is 3. The molecule has 0 aliphatic carbocycles. The molecule has 9 heteroatoms. The van der Waals surface area contributed by atoms with Crippen LogP contribution in [0.25, 0.3) is 21.8 Å². The van der Waals surface area contributed by atoms with E-state index >= 15 is 0 Å². The number of carbonyl (C=O) groups excluding carboxylic acids is 2. The molecule has 0 bridgehead atoms. The summed E-state index contributed by atoms with van der Waals surface area (Å²) in [6, 6.07) is 11.1. The lowest BCUT2D eigenvalue weighted by Gasteiger charge is -2.12. The predicted molar refractivity (Wildman–Crippen MR) is 109 cm³/mol. The van der Waals surface area contributed by atoms with Crippen molar-refractivity contribution in [3.8, 4) is 0 Å². The molecular weight excluding hydrogens is 411 g/mol. The van der Waals surface area contributed by atoms with Crippen molar-refractivity contribution in [2.24, 2.45) is 0 Å². The summed E-state index contributed by atoms with van der Waals surface area (Å²) >= 11 is 0. The molecular formula is C22H16F3N3O3. The number of rotatable bonds is 3. The largest absolute Gasteiger partial charge is 0.464 e. The molecule has 6 nitrogen and oxygen atoms in total. The second kappa shape index (κ2) is 7.42. The molecule has 4 aromatic rings. The summed E-state index contributed by atoms with van der Waals surface area (Å²) in [6.45, 7) is 1.74. The van der Waals surface area contributed by atoms with Gasteiger partial charge in [-0.05, 0) is 43.3 Å². The SMILES string of the molecule is COC(=O)c1cc2c([nH]c3ccc(NC(=O)c4ccccc4C(F)(F)F)cc32)c(C)n1. The van der Waals surface area contributed by atoms with Gasteiger partial charge >= 0.3 is 12.1 Å². The number of ether oxygens (including phenoxy) is 1. The molecule has 0 unspecified atom stereocenters. The van der Waals surface area contributed by atoms with Crippen LogP contribution in [-0.4, -0.2) is 29.0 Å². The van der Waals surface area contributed by atoms with E-state index in [4.69, 9.17) is 4.74 Å². The van der Waals surface area contributed by atoms with Gasteiger partial charge in [-0.25, -0.2) is 9.78 Å². The lowest BCUT2D eigenvalue weighted by molar-refractivity contribution is -0.137. The molecule has 1 amide bonds. The van der Waals surface area contributed by atoms with Crippen molar-refractivity contribution < 1.29 is 27.5 Å². The first kappa shape index (κ1) is 20.4. The minimum absolute atomic E-state index is 0.127. The number of aromatic amines is 1. The molecule has 2 aromatic carbocycles. The van der Waals surface area contributed by atoms with Gasteiger partial charge in [0.2, 0.25) is 0 Å². The molecule has 0 saturated carbocycles. The van der Waals surface area contributed by atoms with Gasteiger partial charge in [-0.2, -0.15) is 13.2 Å². The van der Waals surface area contributed by atoms with Crippen LogP contribution in [0.2, 0.25) is 0 Å². The van der Waals surface area contributed by atoms with Gasteiger partial charge < -0.3 is 15.0 Å². The smallest absolute Gasteiger partial charge is 0.417 e. The maximum atomic E-state index is 13.2. The maximum Gasteiger partial charge on any atom is 0.417 e. The quantitative estimate of drug-likeness (QED) is 0.447. The Morgan fingerprint density at radius 3 is 2.52 bits per heavy atom. The lowest BCUT2D eigenvalue weighted by atomic mass is 10.1. The van der Waals surface area contributed by atoms with Gasteiger partial charge in [0.15, 0.2) is 0 Å². The molecule has 0 saturated heterocycles. The van der Waals surface area contributed by atoms with Crippen LogP contribution in [0.4, 0.5) is 18.9 Å². The fourth-order valence-electron chi connectivity index (χ4n) is 3.47. The van der Waals surface area contributed by atoms with Gasteiger partial charge in [0, 0.05) is 22.0 Å². The number of alkyl halides is 3. The Balaban J connectivity index is 1.76. The molecule has 0 radical (unpaired) electrons. The van der Waals surface area contributed by atoms with Crippen LogP contribution in [0.1, 0.15) is 32.1 Å². The molecule has 0 aliphatic heterocycles. The highest BCUT2D eigenvalue weighted by Crippen LogP contribution is 2.33. The third kappa shape index (κ3) is 3.70. The Morgan fingerprint density at radius 2 is 1.81 bits per heavy atom. The fraction of sp³-hybridized carbons (Fsp3) is 0.136. The average molecular weight is 427 g/mol. The topological polar surface area (TPSA) is 84.1 Å². The number of fused-ring (bicyclic) bond motifs is 3. The van der Waals surface area contributed by atoms with Crippen molar-refractivity contribution in [1.29, 1.82) is 0 Å². The molecule has 2 N–H and O–H groups in total. The van der Waals surface area contributed by atoms with Gasteiger partial charge in [-0.3, -0.25) is 4.79 Å². The summed E-state index contributed by atoms with van der Waals surface area (Å²) in [5.74, 6) is -1.47. The number of anilines is 1. The van der Waals surface area contributed by atoms with Crippen LogP contribution in [0, 0.1) is 6.92 Å². The van der Waals surface area contributed by atoms with E-state index in [0.717, 1.165) is 17.6 Å². The number of hydrogen-bond acceptors (Lipinski definition) is 4. The Hall–Kier alpha value is -3.88. The highest BCUT2D eigenvalue weighted by Gasteiger charge is 2.34. The van der Waals surface area contributed by atoms with Crippen LogP contribution >= 0.6 is 0 Å². The number of aryl methyl sites for hydroxylation is 1. The highest BCUT2D eigenvalue weighted by atomic mass is 19.4. The van der Waals surface area contributed by atoms with Crippen LogP contribution in [0.3, 0.4) is 0 Å². The summed E-state index contributed by atoms with van der Waals surface area (Å²) in [4.78, 5) is 31.9. The average Bonchev–Trinajstić information content (AvgIpc) is 3.11. The summed E-state index contributed by atoms with van der Waals surface area (Å²) in [5.41, 5.74) is 0.960. The van der Waals surface area contributed by atoms with Gasteiger partial charge in [0.05, 0.1) is 29.4 Å². The van der Waals surface area contributed by atoms with Gasteiger partial charge in [0.1, 0.15) is 5.69 Å². The normalized spacial score (nSPS) is 11.6. The summed E-state index contributed by atoms with van der Waals surface area (Å²) in [7, 11) is 1.26. The zero-order valence-corrected chi connectivity index (χ0v) is 16.4. The van der Waals surface area contributed by atoms with Crippen molar-refractivity contribution in [2.45, 2.75) is 13.1 Å².